The number of hydrogen-bond donors (Lipinski definition) is 4. The molecule has 16 heteroatoms. The molecule has 0 spiro atoms. The molecule has 7 atom stereocenters. The number of aliphatic hydroxyl groups is 1. The van der Waals surface area contributed by atoms with E-state index in [-0.39, 0.29) is 46.1 Å². The molecule has 4 bridgehead atoms. The Hall–Kier alpha value is -6.88. The van der Waals surface area contributed by atoms with Crippen LogP contribution in [0.3, 0.4) is 0 Å². The van der Waals surface area contributed by atoms with E-state index in [0.29, 0.717) is 42.8 Å². The second kappa shape index (κ2) is 22.1. The first kappa shape index (κ1) is 51.0. The van der Waals surface area contributed by atoms with Crippen LogP contribution < -0.4 is 31.4 Å². The van der Waals surface area contributed by atoms with Gasteiger partial charge >= 0.3 is 5.69 Å². The van der Waals surface area contributed by atoms with E-state index < -0.39 is 41.2 Å². The quantitative estimate of drug-likeness (QED) is 0.0172. The minimum atomic E-state index is -1.18. The number of nitrogens with one attached hydrogen (secondary N) is 3. The van der Waals surface area contributed by atoms with E-state index in [1.807, 2.05) is 91.0 Å². The molecule has 5 fully saturated rings. The van der Waals surface area contributed by atoms with Crippen LogP contribution in [0.5, 0.6) is 11.5 Å². The van der Waals surface area contributed by atoms with E-state index in [9.17, 15) is 34.4 Å². The molecule has 4 aromatic carbocycles. The fourth-order valence-electron chi connectivity index (χ4n) is 12.9. The second-order valence-electron chi connectivity index (χ2n) is 20.6. The van der Waals surface area contributed by atoms with Crippen molar-refractivity contribution in [2.24, 2.45) is 17.3 Å². The van der Waals surface area contributed by atoms with E-state index in [2.05, 4.69) is 15.6 Å². The summed E-state index contributed by atoms with van der Waals surface area (Å²) >= 11 is 0. The molecule has 5 aliphatic rings. The highest BCUT2D eigenvalue weighted by Gasteiger charge is 2.58. The molecule has 1 aliphatic heterocycles. The Morgan fingerprint density at radius 2 is 1.42 bits per heavy atom. The number of aromatic amines is 1. The lowest BCUT2D eigenvalue weighted by Gasteiger charge is -2.62. The monoisotopic (exact) mass is 995 g/mol. The van der Waals surface area contributed by atoms with Gasteiger partial charge in [0.25, 0.3) is 11.2 Å². The fraction of sp³-hybridized carbons (Fsp3) is 0.439. The van der Waals surface area contributed by atoms with Gasteiger partial charge in [0.15, 0.2) is 0 Å². The van der Waals surface area contributed by atoms with Crippen LogP contribution in [0.4, 0.5) is 5.69 Å². The number of nitro benzene ring substituents is 1. The number of carbonyl (C=O) groups excluding carboxylic acids is 2. The summed E-state index contributed by atoms with van der Waals surface area (Å²) < 4.78 is 25.5. The van der Waals surface area contributed by atoms with Gasteiger partial charge in [0.2, 0.25) is 11.8 Å². The molecule has 4 aliphatic carbocycles. The topological polar surface area (TPSA) is 213 Å². The Kier molecular flexibility index (Phi) is 15.4. The van der Waals surface area contributed by atoms with Crippen LogP contribution in [-0.4, -0.2) is 77.5 Å². The summed E-state index contributed by atoms with van der Waals surface area (Å²) in [6, 6.07) is 33.2. The van der Waals surface area contributed by atoms with Gasteiger partial charge in [-0.3, -0.25) is 34.0 Å². The van der Waals surface area contributed by atoms with Gasteiger partial charge in [-0.05, 0) is 127 Å². The van der Waals surface area contributed by atoms with E-state index in [4.69, 9.17) is 18.9 Å². The van der Waals surface area contributed by atoms with Crippen LogP contribution in [0.1, 0.15) is 111 Å². The number of amides is 2. The summed E-state index contributed by atoms with van der Waals surface area (Å²) in [4.78, 5) is 65.5. The summed E-state index contributed by atoms with van der Waals surface area (Å²) in [6.45, 7) is 0.901. The van der Waals surface area contributed by atoms with Crippen molar-refractivity contribution in [3.05, 3.63) is 174 Å². The molecule has 10 rings (SSSR count). The van der Waals surface area contributed by atoms with Gasteiger partial charge in [-0.15, -0.1) is 0 Å². The molecule has 2 amide bonds. The van der Waals surface area contributed by atoms with E-state index in [1.165, 1.54) is 34.8 Å². The normalized spacial score (nSPS) is 24.1. The van der Waals surface area contributed by atoms with Crippen molar-refractivity contribution >= 4 is 23.6 Å². The summed E-state index contributed by atoms with van der Waals surface area (Å²) in [5.41, 5.74) is 1.19. The smallest absolute Gasteiger partial charge is 0.330 e. The van der Waals surface area contributed by atoms with E-state index in [0.717, 1.165) is 74.5 Å². The summed E-state index contributed by atoms with van der Waals surface area (Å²) in [5, 5.41) is 28.8. The number of ether oxygens (including phenoxy) is 4. The average molecular weight is 996 g/mol. The predicted molar refractivity (Wildman–Crippen MR) is 274 cm³/mol. The molecule has 0 radical (unpaired) electrons. The molecule has 1 aromatic heterocycles. The third-order valence-electron chi connectivity index (χ3n) is 15.7. The minimum absolute atomic E-state index is 0.00841. The summed E-state index contributed by atoms with van der Waals surface area (Å²) in [5.74, 6) is 2.19. The van der Waals surface area contributed by atoms with Crippen molar-refractivity contribution in [3.8, 4) is 11.5 Å². The molecule has 4 N–H and O–H groups in total. The number of methoxy groups -OCH3 is 2. The lowest BCUT2D eigenvalue weighted by molar-refractivity contribution is -0.384. The molecular formula is C57H65N5O11. The van der Waals surface area contributed by atoms with Crippen molar-refractivity contribution in [3.63, 3.8) is 0 Å². The fourth-order valence-corrected chi connectivity index (χ4v) is 12.9. The molecule has 1 saturated heterocycles. The largest absolute Gasteiger partial charge is 0.497 e. The van der Waals surface area contributed by atoms with Gasteiger partial charge < -0.3 is 34.7 Å². The number of unbranched alkanes of at least 4 members (excludes halogenated alkanes) is 3. The van der Waals surface area contributed by atoms with Gasteiger partial charge in [0.05, 0.1) is 37.5 Å². The van der Waals surface area contributed by atoms with Crippen LogP contribution in [0.15, 0.2) is 125 Å². The number of H-pyrrole nitrogens is 1. The van der Waals surface area contributed by atoms with Gasteiger partial charge in [-0.2, -0.15) is 0 Å². The van der Waals surface area contributed by atoms with Crippen LogP contribution in [-0.2, 0) is 30.1 Å². The molecular weight excluding hydrogens is 931 g/mol. The average Bonchev–Trinajstić information content (AvgIpc) is 3.75. The molecule has 2 unspecified atom stereocenters. The second-order valence-corrected chi connectivity index (χ2v) is 20.6. The van der Waals surface area contributed by atoms with Crippen LogP contribution in [0.25, 0.3) is 6.08 Å². The van der Waals surface area contributed by atoms with Gasteiger partial charge in [-0.1, -0.05) is 79.6 Å². The third kappa shape index (κ3) is 11.2. The van der Waals surface area contributed by atoms with Gasteiger partial charge in [0, 0.05) is 50.2 Å². The highest BCUT2D eigenvalue weighted by Crippen LogP contribution is 2.66. The Bertz CT molecular complexity index is 2820. The Balaban J connectivity index is 0.759. The first-order valence-corrected chi connectivity index (χ1v) is 25.5. The number of nitro groups is 1. The van der Waals surface area contributed by atoms with Gasteiger partial charge in [0.1, 0.15) is 29.4 Å². The van der Waals surface area contributed by atoms with Crippen molar-refractivity contribution in [1.82, 2.24) is 20.2 Å². The standard InChI is InChI=1S/C57H65N5O11/c1-70-46-21-14-42(15-22-46)57(41-10-6-5-7-11-41,43-16-23-47(71-2)24-17-43)72-36-49-48(63)30-53(73-49)61-45(29-51(65)60-54(61)67)20-25-50(64)58-26-8-3-4-9-27-59-52(66)35-55-31-38-28-39(32-55)34-56(33-38,37-55)40-12-18-44(19-13-40)62(68)69/h5-7,10-25,29,38-39,48-49,53,63H,3-4,8-9,26-28,30-37H2,1-2H3,(H,58,64)(H,59,66)(H,60,65,67)/b25-20+/t38-,39+,48-,49+,53+,55?,56?/m0/s1. The number of carbonyl (C=O) groups is 2. The maximum Gasteiger partial charge on any atom is 0.330 e. The number of aliphatic hydroxyl groups excluding tert-OH is 1. The maximum absolute atomic E-state index is 13.4. The summed E-state index contributed by atoms with van der Waals surface area (Å²) in [7, 11) is 3.20. The van der Waals surface area contributed by atoms with Crippen molar-refractivity contribution in [1.29, 1.82) is 0 Å². The molecule has 5 aromatic rings. The molecule has 16 nitrogen and oxygen atoms in total. The van der Waals surface area contributed by atoms with Crippen LogP contribution in [0.2, 0.25) is 0 Å². The number of non-ortho nitro benzene ring substituents is 1. The predicted octanol–water partition coefficient (Wildman–Crippen LogP) is 7.85. The Morgan fingerprint density at radius 3 is 2.03 bits per heavy atom. The SMILES string of the molecule is COc1ccc(C(OC[C@H]2O[C@@H](n3c(/C=C/C(=O)NCCCCCCNC(=O)CC45C[C@H]6C[C@@H](C4)CC(c4ccc([N+](=O)[O-])cc4)(C6)C5)cc(=O)[nH]c3=O)C[C@@H]2O)(c2ccccc2)c2ccc(OC)cc2)cc1. The summed E-state index contributed by atoms with van der Waals surface area (Å²) in [6.07, 6.45) is 9.98. The molecule has 73 heavy (non-hydrogen) atoms. The zero-order valence-electron chi connectivity index (χ0n) is 41.5. The van der Waals surface area contributed by atoms with Crippen molar-refractivity contribution in [2.45, 2.75) is 107 Å². The zero-order chi connectivity index (χ0) is 51.2. The first-order chi connectivity index (χ1) is 35.3. The van der Waals surface area contributed by atoms with E-state index >= 15 is 0 Å². The first-order valence-electron chi connectivity index (χ1n) is 25.5. The Morgan fingerprint density at radius 1 is 0.822 bits per heavy atom. The van der Waals surface area contributed by atoms with Gasteiger partial charge in [-0.25, -0.2) is 4.79 Å². The number of nitrogens with zero attached hydrogens (tertiary/aromatic N) is 2. The number of aromatic nitrogens is 2. The lowest BCUT2D eigenvalue weighted by Crippen LogP contribution is -2.55. The number of hydrogen-bond acceptors (Lipinski definition) is 11. The number of rotatable bonds is 22. The maximum atomic E-state index is 13.4. The van der Waals surface area contributed by atoms with Crippen molar-refractivity contribution < 1.29 is 38.6 Å². The zero-order valence-corrected chi connectivity index (χ0v) is 41.5. The highest BCUT2D eigenvalue weighted by atomic mass is 16.6. The highest BCUT2D eigenvalue weighted by molar-refractivity contribution is 5.91. The van der Waals surface area contributed by atoms with Crippen LogP contribution in [0, 0.1) is 27.4 Å². The molecule has 2 heterocycles. The molecule has 4 saturated carbocycles. The molecule has 384 valence electrons. The van der Waals surface area contributed by atoms with E-state index in [1.54, 1.807) is 26.4 Å². The third-order valence-corrected chi connectivity index (χ3v) is 15.7. The van der Waals surface area contributed by atoms with Crippen molar-refractivity contribution in [2.75, 3.05) is 33.9 Å². The lowest BCUT2D eigenvalue weighted by atomic mass is 9.42. The Labute approximate surface area is 424 Å². The van der Waals surface area contributed by atoms with Crippen LogP contribution >= 0.6 is 0 Å². The number of benzene rings is 4. The minimum Gasteiger partial charge on any atom is -0.497 e.